The van der Waals surface area contributed by atoms with Crippen molar-refractivity contribution in [1.29, 1.82) is 0 Å². The van der Waals surface area contributed by atoms with Gasteiger partial charge < -0.3 is 0 Å². The molecule has 1 unspecified atom stereocenters. The van der Waals surface area contributed by atoms with Crippen LogP contribution < -0.4 is 0 Å². The normalized spacial score (nSPS) is 18.2. The highest BCUT2D eigenvalue weighted by Gasteiger charge is 2.37. The van der Waals surface area contributed by atoms with Crippen LogP contribution in [-0.2, 0) is 19.3 Å². The molecule has 0 heterocycles. The first kappa shape index (κ1) is 18.2. The fourth-order valence-electron chi connectivity index (χ4n) is 6.45. The number of aryl methyl sites for hydroxylation is 1. The fraction of sp³-hybridized carbons (Fsp3) is 0.188. The van der Waals surface area contributed by atoms with Crippen LogP contribution in [0.15, 0.2) is 91.0 Å². The summed E-state index contributed by atoms with van der Waals surface area (Å²) in [6.45, 7) is 0. The highest BCUT2D eigenvalue weighted by Crippen LogP contribution is 2.55. The van der Waals surface area contributed by atoms with Gasteiger partial charge in [-0.15, -0.1) is 0 Å². The third-order valence-corrected chi connectivity index (χ3v) is 7.82. The first-order valence-corrected chi connectivity index (χ1v) is 12.0. The van der Waals surface area contributed by atoms with E-state index in [-0.39, 0.29) is 0 Å². The molecule has 0 aromatic heterocycles. The molecule has 4 aromatic rings. The van der Waals surface area contributed by atoms with Gasteiger partial charge in [0.25, 0.3) is 0 Å². The minimum absolute atomic E-state index is 0.411. The topological polar surface area (TPSA) is 0 Å². The van der Waals surface area contributed by atoms with Gasteiger partial charge in [0, 0.05) is 5.92 Å². The van der Waals surface area contributed by atoms with Crippen LogP contribution in [-0.4, -0.2) is 0 Å². The Kier molecular flexibility index (Phi) is 4.02. The van der Waals surface area contributed by atoms with Crippen molar-refractivity contribution in [3.05, 3.63) is 130 Å². The van der Waals surface area contributed by atoms with E-state index in [0.29, 0.717) is 5.92 Å². The van der Waals surface area contributed by atoms with E-state index in [0.717, 1.165) is 6.42 Å². The second-order valence-corrected chi connectivity index (χ2v) is 9.49. The quantitative estimate of drug-likeness (QED) is 0.264. The summed E-state index contributed by atoms with van der Waals surface area (Å²) in [6, 6.07) is 34.1. The van der Waals surface area contributed by atoms with Crippen LogP contribution in [0.1, 0.15) is 57.7 Å². The van der Waals surface area contributed by atoms with Crippen molar-refractivity contribution >= 4 is 11.1 Å². The van der Waals surface area contributed by atoms with E-state index >= 15 is 0 Å². The van der Waals surface area contributed by atoms with Crippen molar-refractivity contribution in [2.75, 3.05) is 0 Å². The molecule has 0 amide bonds. The highest BCUT2D eigenvalue weighted by molar-refractivity contribution is 6.12. The van der Waals surface area contributed by atoms with Gasteiger partial charge in [-0.1, -0.05) is 91.0 Å². The predicted molar refractivity (Wildman–Crippen MR) is 134 cm³/mol. The maximum atomic E-state index is 2.44. The van der Waals surface area contributed by atoms with Crippen molar-refractivity contribution in [1.82, 2.24) is 0 Å². The van der Waals surface area contributed by atoms with Crippen LogP contribution in [0.5, 0.6) is 0 Å². The summed E-state index contributed by atoms with van der Waals surface area (Å²) in [7, 11) is 0. The summed E-state index contributed by atoms with van der Waals surface area (Å²) in [5, 5.41) is 0. The minimum atomic E-state index is 0.411. The minimum Gasteiger partial charge on any atom is -0.0622 e. The third kappa shape index (κ3) is 2.56. The summed E-state index contributed by atoms with van der Waals surface area (Å²) in [5.41, 5.74) is 16.4. The van der Waals surface area contributed by atoms with Crippen LogP contribution in [0.3, 0.4) is 0 Å². The van der Waals surface area contributed by atoms with E-state index in [9.17, 15) is 0 Å². The lowest BCUT2D eigenvalue weighted by molar-refractivity contribution is 0.684. The van der Waals surface area contributed by atoms with Gasteiger partial charge >= 0.3 is 0 Å². The van der Waals surface area contributed by atoms with Gasteiger partial charge in [-0.2, -0.15) is 0 Å². The molecule has 4 aromatic carbocycles. The molecule has 0 N–H and O–H groups in total. The lowest BCUT2D eigenvalue weighted by atomic mass is 9.81. The molecule has 154 valence electrons. The van der Waals surface area contributed by atoms with Crippen molar-refractivity contribution in [3.63, 3.8) is 0 Å². The molecule has 0 nitrogen and oxygen atoms in total. The van der Waals surface area contributed by atoms with Crippen LogP contribution in [0.2, 0.25) is 0 Å². The molecular weight excluding hydrogens is 384 g/mol. The molecule has 32 heavy (non-hydrogen) atoms. The largest absolute Gasteiger partial charge is 0.0622 e. The molecule has 3 aliphatic rings. The van der Waals surface area contributed by atoms with Crippen molar-refractivity contribution in [3.8, 4) is 11.1 Å². The van der Waals surface area contributed by atoms with Crippen molar-refractivity contribution in [2.45, 2.75) is 38.0 Å². The Balaban J connectivity index is 1.60. The number of hydrogen-bond acceptors (Lipinski definition) is 0. The Hall–Kier alpha value is -3.38. The Labute approximate surface area is 190 Å². The first-order valence-electron chi connectivity index (χ1n) is 12.0. The van der Waals surface area contributed by atoms with Crippen LogP contribution in [0.4, 0.5) is 0 Å². The maximum absolute atomic E-state index is 2.44. The predicted octanol–water partition coefficient (Wildman–Crippen LogP) is 7.84. The van der Waals surface area contributed by atoms with Crippen LogP contribution in [0, 0.1) is 0 Å². The van der Waals surface area contributed by atoms with E-state index in [1.54, 1.807) is 27.8 Å². The molecule has 0 saturated carbocycles. The standard InChI is InChI=1S/C32H26/c1-2-10-21(11-3-1)29-20-23-19-18-22-12-4-5-13-24(22)30(23)32(29)31-27-16-8-6-14-25(27)26-15-7-9-17-28(26)31/h1-3,6-11,14-19,29H,4-5,12-13,20H2. The van der Waals surface area contributed by atoms with Gasteiger partial charge in [0.2, 0.25) is 0 Å². The number of benzene rings is 4. The summed E-state index contributed by atoms with van der Waals surface area (Å²) in [4.78, 5) is 0. The Morgan fingerprint density at radius 3 is 1.84 bits per heavy atom. The molecule has 3 aliphatic carbocycles. The SMILES string of the molecule is c1ccc(C2Cc3ccc4c(c3C2=C2c3ccccc3-c3ccccc32)CCCC4)cc1. The zero-order chi connectivity index (χ0) is 21.1. The molecule has 0 aliphatic heterocycles. The van der Waals surface area contributed by atoms with E-state index in [2.05, 4.69) is 91.0 Å². The summed E-state index contributed by atoms with van der Waals surface area (Å²) in [6.07, 6.45) is 6.20. The zero-order valence-electron chi connectivity index (χ0n) is 18.3. The fourth-order valence-corrected chi connectivity index (χ4v) is 6.45. The first-order chi connectivity index (χ1) is 15.9. The summed E-state index contributed by atoms with van der Waals surface area (Å²) < 4.78 is 0. The molecule has 0 bridgehead atoms. The van der Waals surface area contributed by atoms with Crippen LogP contribution >= 0.6 is 0 Å². The molecule has 7 rings (SSSR count). The van der Waals surface area contributed by atoms with Gasteiger partial charge in [0.05, 0.1) is 0 Å². The van der Waals surface area contributed by atoms with Gasteiger partial charge in [0.15, 0.2) is 0 Å². The number of rotatable bonds is 1. The third-order valence-electron chi connectivity index (χ3n) is 7.82. The number of fused-ring (bicyclic) bond motifs is 6. The van der Waals surface area contributed by atoms with Crippen molar-refractivity contribution < 1.29 is 0 Å². The van der Waals surface area contributed by atoms with Crippen LogP contribution in [0.25, 0.3) is 22.3 Å². The van der Waals surface area contributed by atoms with Crippen molar-refractivity contribution in [2.24, 2.45) is 0 Å². The van der Waals surface area contributed by atoms with Gasteiger partial charge in [-0.25, -0.2) is 0 Å². The van der Waals surface area contributed by atoms with Gasteiger partial charge in [0.1, 0.15) is 0 Å². The van der Waals surface area contributed by atoms with E-state index < -0.39 is 0 Å². The highest BCUT2D eigenvalue weighted by atomic mass is 14.4. The second kappa shape index (κ2) is 7.07. The zero-order valence-corrected chi connectivity index (χ0v) is 18.3. The average molecular weight is 411 g/mol. The Bertz CT molecular complexity index is 1340. The molecule has 0 radical (unpaired) electrons. The van der Waals surface area contributed by atoms with E-state index in [4.69, 9.17) is 0 Å². The molecular formula is C32H26. The van der Waals surface area contributed by atoms with E-state index in [1.807, 2.05) is 0 Å². The lowest BCUT2D eigenvalue weighted by Crippen LogP contribution is -2.07. The maximum Gasteiger partial charge on any atom is 0.0142 e. The molecule has 0 heteroatoms. The summed E-state index contributed by atoms with van der Waals surface area (Å²) >= 11 is 0. The Morgan fingerprint density at radius 2 is 1.12 bits per heavy atom. The smallest absolute Gasteiger partial charge is 0.0142 e. The number of hydrogen-bond donors (Lipinski definition) is 0. The molecule has 0 fully saturated rings. The molecule has 0 spiro atoms. The van der Waals surface area contributed by atoms with Gasteiger partial charge in [-0.05, 0) is 93.3 Å². The summed E-state index contributed by atoms with van der Waals surface area (Å²) in [5.74, 6) is 0.411. The lowest BCUT2D eigenvalue weighted by Gasteiger charge is -2.23. The molecule has 0 saturated heterocycles. The Morgan fingerprint density at radius 1 is 0.531 bits per heavy atom. The monoisotopic (exact) mass is 410 g/mol. The molecule has 1 atom stereocenters. The second-order valence-electron chi connectivity index (χ2n) is 9.49. The average Bonchev–Trinajstić information content (AvgIpc) is 3.40. The van der Waals surface area contributed by atoms with Gasteiger partial charge in [-0.3, -0.25) is 0 Å². The number of allylic oxidation sites excluding steroid dienone is 1. The van der Waals surface area contributed by atoms with E-state index in [1.165, 1.54) is 59.1 Å².